The van der Waals surface area contributed by atoms with E-state index in [4.69, 9.17) is 34.8 Å². The maximum atomic E-state index is 12.5. The molecule has 1 fully saturated rings. The predicted octanol–water partition coefficient (Wildman–Crippen LogP) is 4.96. The number of rotatable bonds is 6. The number of amides is 1. The van der Waals surface area contributed by atoms with Crippen LogP contribution in [0.25, 0.3) is 0 Å². The molecule has 172 valence electrons. The van der Waals surface area contributed by atoms with E-state index < -0.39 is 0 Å². The average Bonchev–Trinajstić information content (AvgIpc) is 2.79. The van der Waals surface area contributed by atoms with E-state index in [1.165, 1.54) is 18.1 Å². The largest absolute Gasteiger partial charge is 0.369 e. The van der Waals surface area contributed by atoms with Gasteiger partial charge in [0.2, 0.25) is 5.91 Å². The van der Waals surface area contributed by atoms with E-state index in [2.05, 4.69) is 56.4 Å². The lowest BCUT2D eigenvalue weighted by Crippen LogP contribution is -2.44. The van der Waals surface area contributed by atoms with Crippen molar-refractivity contribution in [3.63, 3.8) is 0 Å². The lowest BCUT2D eigenvalue weighted by Gasteiger charge is -2.34. The summed E-state index contributed by atoms with van der Waals surface area (Å²) in [4.78, 5) is 25.8. The monoisotopic (exact) mass is 503 g/mol. The highest BCUT2D eigenvalue weighted by Gasteiger charge is 2.14. The first kappa shape index (κ1) is 23.8. The number of nitrogens with zero attached hydrogens (tertiary/aromatic N) is 4. The van der Waals surface area contributed by atoms with Crippen molar-refractivity contribution in [2.75, 3.05) is 43.4 Å². The van der Waals surface area contributed by atoms with Crippen LogP contribution in [0, 0.1) is 0 Å². The van der Waals surface area contributed by atoms with Crippen molar-refractivity contribution in [1.29, 1.82) is 0 Å². The number of nitrogens with one attached hydrogen (secondary N) is 1. The van der Waals surface area contributed by atoms with Crippen molar-refractivity contribution in [2.45, 2.75) is 12.8 Å². The van der Waals surface area contributed by atoms with Gasteiger partial charge in [0.15, 0.2) is 0 Å². The molecular weight excluding hydrogens is 481 g/mol. The number of hydrogen-bond donors (Lipinski definition) is 1. The molecule has 2 heterocycles. The highest BCUT2D eigenvalue weighted by atomic mass is 35.5. The van der Waals surface area contributed by atoms with Gasteiger partial charge in [0.1, 0.15) is 12.1 Å². The van der Waals surface area contributed by atoms with Crippen LogP contribution in [-0.2, 0) is 17.6 Å². The Morgan fingerprint density at radius 3 is 2.36 bits per heavy atom. The number of aromatic nitrogens is 2. The van der Waals surface area contributed by atoms with Gasteiger partial charge in [0.25, 0.3) is 0 Å². The highest BCUT2D eigenvalue weighted by Crippen LogP contribution is 2.29. The highest BCUT2D eigenvalue weighted by molar-refractivity contribution is 6.43. The zero-order chi connectivity index (χ0) is 23.4. The molecule has 0 spiro atoms. The van der Waals surface area contributed by atoms with Crippen LogP contribution in [0.5, 0.6) is 0 Å². The molecule has 6 nitrogen and oxygen atoms in total. The summed E-state index contributed by atoms with van der Waals surface area (Å²) < 4.78 is 0. The normalized spacial score (nSPS) is 14.4. The molecule has 1 aromatic heterocycles. The quantitative estimate of drug-likeness (QED) is 0.481. The minimum Gasteiger partial charge on any atom is -0.369 e. The Balaban J connectivity index is 1.37. The summed E-state index contributed by atoms with van der Waals surface area (Å²) in [6.45, 7) is 4.24. The minimum absolute atomic E-state index is 0.0583. The fourth-order valence-electron chi connectivity index (χ4n) is 3.72. The van der Waals surface area contributed by atoms with Gasteiger partial charge < -0.3 is 15.1 Å². The molecule has 0 radical (unpaired) electrons. The summed E-state index contributed by atoms with van der Waals surface area (Å²) in [5.74, 6) is 0.187. The van der Waals surface area contributed by atoms with Crippen LogP contribution in [0.15, 0.2) is 48.8 Å². The van der Waals surface area contributed by atoms with Gasteiger partial charge in [0, 0.05) is 49.4 Å². The molecule has 0 unspecified atom stereocenters. The van der Waals surface area contributed by atoms with Crippen LogP contribution in [0.4, 0.5) is 11.5 Å². The summed E-state index contributed by atoms with van der Waals surface area (Å²) in [5, 5.41) is 3.89. The fourth-order valence-corrected chi connectivity index (χ4v) is 4.36. The van der Waals surface area contributed by atoms with E-state index in [0.29, 0.717) is 32.9 Å². The molecule has 1 aliphatic heterocycles. The molecule has 1 N–H and O–H groups in total. The maximum Gasteiger partial charge on any atom is 0.230 e. The van der Waals surface area contributed by atoms with Gasteiger partial charge >= 0.3 is 0 Å². The molecule has 3 aromatic rings. The number of carbonyl (C=O) groups is 1. The number of halogens is 3. The number of benzene rings is 2. The number of carbonyl (C=O) groups excluding carboxylic acids is 1. The van der Waals surface area contributed by atoms with Gasteiger partial charge in [-0.15, -0.1) is 0 Å². The smallest absolute Gasteiger partial charge is 0.230 e. The topological polar surface area (TPSA) is 61.4 Å². The molecule has 1 amide bonds. The van der Waals surface area contributed by atoms with E-state index in [9.17, 15) is 4.79 Å². The van der Waals surface area contributed by atoms with Crippen LogP contribution in [0.1, 0.15) is 16.8 Å². The van der Waals surface area contributed by atoms with Gasteiger partial charge in [-0.2, -0.15) is 0 Å². The van der Waals surface area contributed by atoms with Gasteiger partial charge in [-0.1, -0.05) is 46.9 Å². The first-order valence-corrected chi connectivity index (χ1v) is 11.8. The second-order valence-corrected chi connectivity index (χ2v) is 9.33. The molecule has 2 aromatic carbocycles. The van der Waals surface area contributed by atoms with Gasteiger partial charge in [0.05, 0.1) is 22.2 Å². The summed E-state index contributed by atoms with van der Waals surface area (Å²) in [7, 11) is 2.15. The molecule has 33 heavy (non-hydrogen) atoms. The Labute approximate surface area is 208 Å². The molecule has 9 heteroatoms. The molecule has 0 atom stereocenters. The van der Waals surface area contributed by atoms with Crippen molar-refractivity contribution in [2.24, 2.45) is 0 Å². The molecule has 0 bridgehead atoms. The van der Waals surface area contributed by atoms with E-state index >= 15 is 0 Å². The Kier molecular flexibility index (Phi) is 7.71. The molecule has 4 rings (SSSR count). The van der Waals surface area contributed by atoms with Crippen LogP contribution >= 0.6 is 34.8 Å². The Hall–Kier alpha value is -2.38. The third-order valence-corrected chi connectivity index (χ3v) is 6.70. The first-order chi connectivity index (χ1) is 15.9. The average molecular weight is 505 g/mol. The second kappa shape index (κ2) is 10.7. The fraction of sp³-hybridized carbons (Fsp3) is 0.292. The molecular formula is C24H24Cl3N5O. The standard InChI is InChI=1S/C24H24Cl3N5O/c1-31-6-8-32(9-7-31)19-4-2-16(3-5-19)10-18-13-23(29-15-28-18)30-24(33)12-17-11-21(26)22(27)14-20(17)25/h2-5,11,13-15H,6-10,12H2,1H3,(H,28,29,30,33). The zero-order valence-corrected chi connectivity index (χ0v) is 20.5. The Morgan fingerprint density at radius 1 is 0.939 bits per heavy atom. The van der Waals surface area contributed by atoms with Crippen LogP contribution < -0.4 is 10.2 Å². The van der Waals surface area contributed by atoms with Gasteiger partial charge in [-0.3, -0.25) is 4.79 Å². The van der Waals surface area contributed by atoms with Crippen molar-refractivity contribution in [1.82, 2.24) is 14.9 Å². The predicted molar refractivity (Wildman–Crippen MR) is 135 cm³/mol. The molecule has 1 aliphatic rings. The summed E-state index contributed by atoms with van der Waals surface area (Å²) in [5.41, 5.74) is 3.80. The SMILES string of the molecule is CN1CCN(c2ccc(Cc3cc(NC(=O)Cc4cc(Cl)c(Cl)cc4Cl)ncn3)cc2)CC1. The Morgan fingerprint density at radius 2 is 1.64 bits per heavy atom. The van der Waals surface area contributed by atoms with Crippen molar-refractivity contribution >= 4 is 52.2 Å². The lowest BCUT2D eigenvalue weighted by molar-refractivity contribution is -0.115. The first-order valence-electron chi connectivity index (χ1n) is 10.6. The zero-order valence-electron chi connectivity index (χ0n) is 18.2. The van der Waals surface area contributed by atoms with Crippen LogP contribution in [0.3, 0.4) is 0 Å². The van der Waals surface area contributed by atoms with Crippen molar-refractivity contribution in [3.05, 3.63) is 80.7 Å². The third kappa shape index (κ3) is 6.36. The molecule has 0 aliphatic carbocycles. The lowest BCUT2D eigenvalue weighted by atomic mass is 10.1. The van der Waals surface area contributed by atoms with Crippen molar-refractivity contribution < 1.29 is 4.79 Å². The van der Waals surface area contributed by atoms with Crippen molar-refractivity contribution in [3.8, 4) is 0 Å². The van der Waals surface area contributed by atoms with E-state index in [-0.39, 0.29) is 12.3 Å². The van der Waals surface area contributed by atoms with E-state index in [1.54, 1.807) is 12.1 Å². The van der Waals surface area contributed by atoms with Gasteiger partial charge in [-0.25, -0.2) is 9.97 Å². The number of piperazine rings is 1. The maximum absolute atomic E-state index is 12.5. The summed E-state index contributed by atoms with van der Waals surface area (Å²) >= 11 is 18.2. The second-order valence-electron chi connectivity index (χ2n) is 8.11. The molecule has 0 saturated carbocycles. The summed E-state index contributed by atoms with van der Waals surface area (Å²) in [6.07, 6.45) is 2.16. The van der Waals surface area contributed by atoms with E-state index in [0.717, 1.165) is 37.4 Å². The van der Waals surface area contributed by atoms with E-state index in [1.807, 2.05) is 0 Å². The Bertz CT molecular complexity index is 1130. The van der Waals surface area contributed by atoms with Gasteiger partial charge in [-0.05, 0) is 42.4 Å². The van der Waals surface area contributed by atoms with Crippen LogP contribution in [0.2, 0.25) is 15.1 Å². The number of likely N-dealkylation sites (N-methyl/N-ethyl adjacent to an activating group) is 1. The number of anilines is 2. The third-order valence-electron chi connectivity index (χ3n) is 5.62. The summed E-state index contributed by atoms with van der Waals surface area (Å²) in [6, 6.07) is 13.5. The molecule has 1 saturated heterocycles. The number of hydrogen-bond acceptors (Lipinski definition) is 5. The minimum atomic E-state index is -0.253. The van der Waals surface area contributed by atoms with Crippen LogP contribution in [-0.4, -0.2) is 54.0 Å².